The summed E-state index contributed by atoms with van der Waals surface area (Å²) < 4.78 is 0. The highest BCUT2D eigenvalue weighted by molar-refractivity contribution is 6.42. The van der Waals surface area contributed by atoms with E-state index in [-0.39, 0.29) is 0 Å². The Bertz CT molecular complexity index is 384. The molecule has 1 aliphatic rings. The Kier molecular flexibility index (Phi) is 5.35. The van der Waals surface area contributed by atoms with Gasteiger partial charge in [-0.25, -0.2) is 0 Å². The van der Waals surface area contributed by atoms with Crippen molar-refractivity contribution in [2.75, 3.05) is 0 Å². The predicted molar refractivity (Wildman–Crippen MR) is 79.5 cm³/mol. The Hall–Kier alpha value is -0.240. The first-order valence-electron chi connectivity index (χ1n) is 6.88. The number of halogens is 2. The van der Waals surface area contributed by atoms with Gasteiger partial charge < -0.3 is 5.32 Å². The second-order valence-corrected chi connectivity index (χ2v) is 6.06. The minimum absolute atomic E-state index is 0.336. The maximum Gasteiger partial charge on any atom is 0.0595 e. The maximum absolute atomic E-state index is 6.07. The van der Waals surface area contributed by atoms with Crippen LogP contribution in [0.2, 0.25) is 10.0 Å². The van der Waals surface area contributed by atoms with Gasteiger partial charge in [0.2, 0.25) is 0 Å². The highest BCUT2D eigenvalue weighted by Crippen LogP contribution is 2.27. The molecule has 1 saturated carbocycles. The molecule has 0 saturated heterocycles. The predicted octanol–water partition coefficient (Wildman–Crippen LogP) is 5.37. The molecule has 18 heavy (non-hydrogen) atoms. The summed E-state index contributed by atoms with van der Waals surface area (Å²) >= 11 is 12.0. The Morgan fingerprint density at radius 3 is 2.33 bits per heavy atom. The van der Waals surface area contributed by atoms with Crippen molar-refractivity contribution >= 4 is 23.2 Å². The molecule has 0 aliphatic heterocycles. The van der Waals surface area contributed by atoms with Crippen molar-refractivity contribution < 1.29 is 0 Å². The van der Waals surface area contributed by atoms with Gasteiger partial charge in [-0.15, -0.1) is 0 Å². The summed E-state index contributed by atoms with van der Waals surface area (Å²) in [6.45, 7) is 2.20. The van der Waals surface area contributed by atoms with Gasteiger partial charge in [-0.3, -0.25) is 0 Å². The van der Waals surface area contributed by atoms with Crippen LogP contribution >= 0.6 is 23.2 Å². The van der Waals surface area contributed by atoms with Crippen LogP contribution in [0.15, 0.2) is 18.2 Å². The fourth-order valence-corrected chi connectivity index (χ4v) is 2.98. The third kappa shape index (κ3) is 3.88. The van der Waals surface area contributed by atoms with Crippen LogP contribution in [-0.2, 0) is 0 Å². The lowest BCUT2D eigenvalue weighted by molar-refractivity contribution is 0.414. The molecule has 0 heterocycles. The zero-order chi connectivity index (χ0) is 13.0. The van der Waals surface area contributed by atoms with E-state index in [0.717, 1.165) is 0 Å². The van der Waals surface area contributed by atoms with Gasteiger partial charge in [0.1, 0.15) is 0 Å². The maximum atomic E-state index is 6.07. The minimum atomic E-state index is 0.336. The highest BCUT2D eigenvalue weighted by atomic mass is 35.5. The molecular weight excluding hydrogens is 265 g/mol. The Morgan fingerprint density at radius 1 is 1.06 bits per heavy atom. The van der Waals surface area contributed by atoms with Gasteiger partial charge in [-0.2, -0.15) is 0 Å². The molecule has 100 valence electrons. The van der Waals surface area contributed by atoms with E-state index in [9.17, 15) is 0 Å². The van der Waals surface area contributed by atoms with E-state index in [1.807, 2.05) is 12.1 Å². The van der Waals surface area contributed by atoms with Gasteiger partial charge in [-0.1, -0.05) is 55.0 Å². The zero-order valence-electron chi connectivity index (χ0n) is 10.9. The van der Waals surface area contributed by atoms with Gasteiger partial charge in [0.15, 0.2) is 0 Å². The van der Waals surface area contributed by atoms with Crippen molar-refractivity contribution in [3.05, 3.63) is 33.8 Å². The van der Waals surface area contributed by atoms with E-state index >= 15 is 0 Å². The first-order valence-corrected chi connectivity index (χ1v) is 7.63. The van der Waals surface area contributed by atoms with Crippen molar-refractivity contribution in [1.82, 2.24) is 5.32 Å². The molecule has 1 nitrogen and oxygen atoms in total. The molecule has 0 radical (unpaired) electrons. The molecule has 0 bridgehead atoms. The first kappa shape index (κ1) is 14.2. The smallest absolute Gasteiger partial charge is 0.0595 e. The second kappa shape index (κ2) is 6.79. The topological polar surface area (TPSA) is 12.0 Å². The fourth-order valence-electron chi connectivity index (χ4n) is 2.68. The standard InChI is InChI=1S/C15H21Cl2N/c1-11(12-8-9-14(16)15(17)10-12)18-13-6-4-2-3-5-7-13/h8-11,13,18H,2-7H2,1H3. The number of benzene rings is 1. The summed E-state index contributed by atoms with van der Waals surface area (Å²) in [7, 11) is 0. The summed E-state index contributed by atoms with van der Waals surface area (Å²) in [5, 5.41) is 4.99. The third-order valence-corrected chi connectivity index (χ3v) is 4.52. The second-order valence-electron chi connectivity index (χ2n) is 5.25. The SMILES string of the molecule is CC(NC1CCCCCC1)c1ccc(Cl)c(Cl)c1. The summed E-state index contributed by atoms with van der Waals surface area (Å²) in [5.41, 5.74) is 1.22. The van der Waals surface area contributed by atoms with E-state index < -0.39 is 0 Å². The van der Waals surface area contributed by atoms with Gasteiger partial charge in [-0.05, 0) is 37.5 Å². The van der Waals surface area contributed by atoms with Gasteiger partial charge in [0, 0.05) is 12.1 Å². The van der Waals surface area contributed by atoms with Gasteiger partial charge in [0.05, 0.1) is 10.0 Å². The van der Waals surface area contributed by atoms with Crippen LogP contribution in [0.5, 0.6) is 0 Å². The molecule has 1 aliphatic carbocycles. The van der Waals surface area contributed by atoms with Crippen LogP contribution in [0.25, 0.3) is 0 Å². The molecule has 1 aromatic rings. The van der Waals surface area contributed by atoms with Crippen LogP contribution in [0.4, 0.5) is 0 Å². The molecule has 0 aromatic heterocycles. The van der Waals surface area contributed by atoms with Crippen LogP contribution in [0, 0.1) is 0 Å². The highest BCUT2D eigenvalue weighted by Gasteiger charge is 2.15. The number of hydrogen-bond donors (Lipinski definition) is 1. The average molecular weight is 286 g/mol. The Morgan fingerprint density at radius 2 is 1.72 bits per heavy atom. The lowest BCUT2D eigenvalue weighted by Gasteiger charge is -2.22. The Balaban J connectivity index is 1.97. The van der Waals surface area contributed by atoms with E-state index in [0.29, 0.717) is 22.1 Å². The third-order valence-electron chi connectivity index (χ3n) is 3.78. The molecular formula is C15H21Cl2N. The van der Waals surface area contributed by atoms with Crippen molar-refractivity contribution in [3.63, 3.8) is 0 Å². The molecule has 0 amide bonds. The lowest BCUT2D eigenvalue weighted by atomic mass is 10.0. The average Bonchev–Trinajstić information content (AvgIpc) is 2.61. The molecule has 2 rings (SSSR count). The van der Waals surface area contributed by atoms with Crippen LogP contribution in [0.3, 0.4) is 0 Å². The summed E-state index contributed by atoms with van der Waals surface area (Å²) in [6.07, 6.45) is 8.08. The van der Waals surface area contributed by atoms with E-state index in [1.165, 1.54) is 44.1 Å². The summed E-state index contributed by atoms with van der Waals surface area (Å²) in [4.78, 5) is 0. The molecule has 1 N–H and O–H groups in total. The van der Waals surface area contributed by atoms with Crippen molar-refractivity contribution in [2.24, 2.45) is 0 Å². The molecule has 3 heteroatoms. The monoisotopic (exact) mass is 285 g/mol. The van der Waals surface area contributed by atoms with Gasteiger partial charge in [0.25, 0.3) is 0 Å². The number of hydrogen-bond acceptors (Lipinski definition) is 1. The first-order chi connectivity index (χ1) is 8.66. The number of rotatable bonds is 3. The van der Waals surface area contributed by atoms with Crippen molar-refractivity contribution in [2.45, 2.75) is 57.5 Å². The zero-order valence-corrected chi connectivity index (χ0v) is 12.4. The Labute approximate surface area is 120 Å². The van der Waals surface area contributed by atoms with E-state index in [2.05, 4.69) is 18.3 Å². The normalized spacial score (nSPS) is 19.5. The van der Waals surface area contributed by atoms with Crippen LogP contribution in [0.1, 0.15) is 57.1 Å². The lowest BCUT2D eigenvalue weighted by Crippen LogP contribution is -2.31. The van der Waals surface area contributed by atoms with Crippen molar-refractivity contribution in [3.8, 4) is 0 Å². The molecule has 1 atom stereocenters. The summed E-state index contributed by atoms with van der Waals surface area (Å²) in [5.74, 6) is 0. The van der Waals surface area contributed by atoms with E-state index in [4.69, 9.17) is 23.2 Å². The largest absolute Gasteiger partial charge is 0.307 e. The van der Waals surface area contributed by atoms with Crippen LogP contribution in [-0.4, -0.2) is 6.04 Å². The van der Waals surface area contributed by atoms with Crippen LogP contribution < -0.4 is 5.32 Å². The quantitative estimate of drug-likeness (QED) is 0.737. The number of nitrogens with one attached hydrogen (secondary N) is 1. The minimum Gasteiger partial charge on any atom is -0.307 e. The summed E-state index contributed by atoms with van der Waals surface area (Å²) in [6, 6.07) is 6.89. The molecule has 1 fully saturated rings. The molecule has 0 spiro atoms. The molecule has 1 aromatic carbocycles. The van der Waals surface area contributed by atoms with E-state index in [1.54, 1.807) is 0 Å². The van der Waals surface area contributed by atoms with Crippen molar-refractivity contribution in [1.29, 1.82) is 0 Å². The van der Waals surface area contributed by atoms with Gasteiger partial charge >= 0.3 is 0 Å². The molecule has 1 unspecified atom stereocenters. The fraction of sp³-hybridized carbons (Fsp3) is 0.600.